The lowest BCUT2D eigenvalue weighted by Gasteiger charge is -2.39. The quantitative estimate of drug-likeness (QED) is 0.524. The van der Waals surface area contributed by atoms with E-state index in [9.17, 15) is 4.39 Å². The minimum atomic E-state index is -0.243. The zero-order valence-electron chi connectivity index (χ0n) is 17.8. The maximum atomic E-state index is 14.2. The summed E-state index contributed by atoms with van der Waals surface area (Å²) in [6.45, 7) is 6.82. The molecule has 1 aliphatic heterocycles. The predicted molar refractivity (Wildman–Crippen MR) is 119 cm³/mol. The summed E-state index contributed by atoms with van der Waals surface area (Å²) >= 11 is 6.23. The van der Waals surface area contributed by atoms with Gasteiger partial charge in [-0.25, -0.2) is 9.07 Å². The maximum Gasteiger partial charge on any atom is 0.173 e. The Labute approximate surface area is 187 Å². The van der Waals surface area contributed by atoms with Crippen LogP contribution in [0.4, 0.5) is 4.39 Å². The molecule has 0 spiro atoms. The summed E-state index contributed by atoms with van der Waals surface area (Å²) in [7, 11) is 0. The van der Waals surface area contributed by atoms with Gasteiger partial charge < -0.3 is 0 Å². The Bertz CT molecular complexity index is 951. The number of benzene rings is 2. The molecule has 31 heavy (non-hydrogen) atoms. The molecule has 0 aliphatic carbocycles. The Kier molecular flexibility index (Phi) is 7.27. The molecule has 2 heterocycles. The monoisotopic (exact) mass is 442 g/mol. The molecule has 1 atom stereocenters. The summed E-state index contributed by atoms with van der Waals surface area (Å²) < 4.78 is 16.2. The Morgan fingerprint density at radius 2 is 1.81 bits per heavy atom. The van der Waals surface area contributed by atoms with E-state index in [1.807, 2.05) is 10.7 Å². The van der Waals surface area contributed by atoms with Crippen LogP contribution in [0.2, 0.25) is 5.02 Å². The summed E-state index contributed by atoms with van der Waals surface area (Å²) in [5.41, 5.74) is 1.75. The van der Waals surface area contributed by atoms with Gasteiger partial charge in [-0.05, 0) is 34.5 Å². The first kappa shape index (κ1) is 21.9. The SMILES string of the molecule is CCCCn1nnnc1C(c1ccccc1)N1CCN(Cc2c(F)cccc2Cl)CC1. The van der Waals surface area contributed by atoms with Crippen molar-refractivity contribution in [1.82, 2.24) is 30.0 Å². The molecule has 0 radical (unpaired) electrons. The number of halogens is 2. The lowest BCUT2D eigenvalue weighted by Crippen LogP contribution is -2.48. The fourth-order valence-electron chi connectivity index (χ4n) is 4.12. The third-order valence-electron chi connectivity index (χ3n) is 5.86. The van der Waals surface area contributed by atoms with Gasteiger partial charge in [0.25, 0.3) is 0 Å². The van der Waals surface area contributed by atoms with Crippen molar-refractivity contribution in [1.29, 1.82) is 0 Å². The summed E-state index contributed by atoms with van der Waals surface area (Å²) in [6, 6.07) is 15.3. The predicted octanol–water partition coefficient (Wildman–Crippen LogP) is 4.17. The second-order valence-corrected chi connectivity index (χ2v) is 8.35. The topological polar surface area (TPSA) is 50.1 Å². The standard InChI is InChI=1S/C23H28ClFN6/c1-2-3-12-31-23(26-27-28-31)22(18-8-5-4-6-9-18)30-15-13-29(14-16-30)17-19-20(24)10-7-11-21(19)25/h4-11,22H,2-3,12-17H2,1H3. The van der Waals surface area contributed by atoms with Gasteiger partial charge in [0.05, 0.1) is 6.04 Å². The van der Waals surface area contributed by atoms with Crippen molar-refractivity contribution in [3.63, 3.8) is 0 Å². The largest absolute Gasteiger partial charge is 0.296 e. The first-order chi connectivity index (χ1) is 15.2. The Balaban J connectivity index is 1.51. The number of hydrogen-bond donors (Lipinski definition) is 0. The minimum Gasteiger partial charge on any atom is -0.296 e. The van der Waals surface area contributed by atoms with Crippen molar-refractivity contribution in [3.8, 4) is 0 Å². The van der Waals surface area contributed by atoms with E-state index in [1.165, 1.54) is 11.6 Å². The molecule has 4 rings (SSSR count). The molecule has 0 bridgehead atoms. The van der Waals surface area contributed by atoms with Crippen LogP contribution in [0.3, 0.4) is 0 Å². The van der Waals surface area contributed by atoms with Gasteiger partial charge in [0.15, 0.2) is 5.82 Å². The summed E-state index contributed by atoms with van der Waals surface area (Å²) in [4.78, 5) is 4.67. The molecule has 3 aromatic rings. The van der Waals surface area contributed by atoms with Crippen LogP contribution < -0.4 is 0 Å². The van der Waals surface area contributed by atoms with Crippen LogP contribution in [0.1, 0.15) is 42.8 Å². The highest BCUT2D eigenvalue weighted by molar-refractivity contribution is 6.31. The molecule has 164 valence electrons. The summed E-state index contributed by atoms with van der Waals surface area (Å²) in [6.07, 6.45) is 2.13. The highest BCUT2D eigenvalue weighted by atomic mass is 35.5. The van der Waals surface area contributed by atoms with Gasteiger partial charge in [-0.1, -0.05) is 61.3 Å². The molecule has 1 unspecified atom stereocenters. The highest BCUT2D eigenvalue weighted by Gasteiger charge is 2.30. The smallest absolute Gasteiger partial charge is 0.173 e. The van der Waals surface area contributed by atoms with Crippen LogP contribution in [-0.4, -0.2) is 56.2 Å². The molecule has 0 N–H and O–H groups in total. The molecule has 1 aromatic heterocycles. The second-order valence-electron chi connectivity index (χ2n) is 7.94. The van der Waals surface area contributed by atoms with E-state index in [0.29, 0.717) is 17.1 Å². The zero-order chi connectivity index (χ0) is 21.6. The van der Waals surface area contributed by atoms with E-state index < -0.39 is 0 Å². The molecule has 2 aromatic carbocycles. The van der Waals surface area contributed by atoms with Crippen molar-refractivity contribution in [2.45, 2.75) is 38.9 Å². The zero-order valence-corrected chi connectivity index (χ0v) is 18.5. The molecule has 0 saturated carbocycles. The molecule has 8 heteroatoms. The fourth-order valence-corrected chi connectivity index (χ4v) is 4.34. The number of piperazine rings is 1. The van der Waals surface area contributed by atoms with Crippen LogP contribution in [0, 0.1) is 5.82 Å². The molecule has 6 nitrogen and oxygen atoms in total. The van der Waals surface area contributed by atoms with Crippen LogP contribution in [-0.2, 0) is 13.1 Å². The first-order valence-corrected chi connectivity index (χ1v) is 11.3. The van der Waals surface area contributed by atoms with Crippen molar-refractivity contribution >= 4 is 11.6 Å². The van der Waals surface area contributed by atoms with Gasteiger partial charge in [-0.15, -0.1) is 5.10 Å². The number of hydrogen-bond acceptors (Lipinski definition) is 5. The van der Waals surface area contributed by atoms with Crippen LogP contribution in [0.5, 0.6) is 0 Å². The fraction of sp³-hybridized carbons (Fsp3) is 0.435. The van der Waals surface area contributed by atoms with Crippen LogP contribution >= 0.6 is 11.6 Å². The lowest BCUT2D eigenvalue weighted by molar-refractivity contribution is 0.0993. The average Bonchev–Trinajstić information content (AvgIpc) is 3.25. The van der Waals surface area contributed by atoms with Gasteiger partial charge in [0.1, 0.15) is 5.82 Å². The van der Waals surface area contributed by atoms with Crippen molar-refractivity contribution < 1.29 is 4.39 Å². The minimum absolute atomic E-state index is 0.00717. The molecule has 1 fully saturated rings. The van der Waals surface area contributed by atoms with E-state index in [1.54, 1.807) is 12.1 Å². The van der Waals surface area contributed by atoms with Crippen LogP contribution in [0.15, 0.2) is 48.5 Å². The van der Waals surface area contributed by atoms with Crippen molar-refractivity contribution in [3.05, 3.63) is 76.3 Å². The number of rotatable bonds is 8. The first-order valence-electron chi connectivity index (χ1n) is 10.9. The van der Waals surface area contributed by atoms with Gasteiger partial charge in [0.2, 0.25) is 0 Å². The second kappa shape index (κ2) is 10.3. The number of aromatic nitrogens is 4. The van der Waals surface area contributed by atoms with Gasteiger partial charge in [0, 0.05) is 49.9 Å². The molecular formula is C23H28ClFN6. The Morgan fingerprint density at radius 1 is 1.03 bits per heavy atom. The van der Waals surface area contributed by atoms with Crippen molar-refractivity contribution in [2.75, 3.05) is 26.2 Å². The third-order valence-corrected chi connectivity index (χ3v) is 6.21. The average molecular weight is 443 g/mol. The van der Waals surface area contributed by atoms with E-state index in [0.717, 1.165) is 51.4 Å². The molecule has 1 aliphatic rings. The highest BCUT2D eigenvalue weighted by Crippen LogP contribution is 2.29. The Morgan fingerprint density at radius 3 is 2.52 bits per heavy atom. The number of aryl methyl sites for hydroxylation is 1. The molecular weight excluding hydrogens is 415 g/mol. The molecule has 0 amide bonds. The lowest BCUT2D eigenvalue weighted by atomic mass is 10.0. The van der Waals surface area contributed by atoms with Gasteiger partial charge in [-0.2, -0.15) is 0 Å². The summed E-state index contributed by atoms with van der Waals surface area (Å²) in [5.74, 6) is 0.637. The maximum absolute atomic E-state index is 14.2. The number of unbranched alkanes of at least 4 members (excludes halogenated alkanes) is 1. The summed E-state index contributed by atoms with van der Waals surface area (Å²) in [5, 5.41) is 13.1. The third kappa shape index (κ3) is 5.11. The number of nitrogens with zero attached hydrogens (tertiary/aromatic N) is 6. The van der Waals surface area contributed by atoms with Crippen molar-refractivity contribution in [2.24, 2.45) is 0 Å². The van der Waals surface area contributed by atoms with E-state index in [2.05, 4.69) is 56.5 Å². The number of tetrazole rings is 1. The van der Waals surface area contributed by atoms with Gasteiger partial charge in [-0.3, -0.25) is 9.80 Å². The Hall–Kier alpha value is -2.35. The van der Waals surface area contributed by atoms with Gasteiger partial charge >= 0.3 is 0 Å². The van der Waals surface area contributed by atoms with E-state index in [4.69, 9.17) is 11.6 Å². The van der Waals surface area contributed by atoms with Crippen LogP contribution in [0.25, 0.3) is 0 Å². The molecule has 1 saturated heterocycles. The van der Waals surface area contributed by atoms with E-state index >= 15 is 0 Å². The normalized spacial score (nSPS) is 16.5. The van der Waals surface area contributed by atoms with E-state index in [-0.39, 0.29) is 11.9 Å².